The number of imidazole rings is 1. The summed E-state index contributed by atoms with van der Waals surface area (Å²) >= 11 is 0. The zero-order valence-electron chi connectivity index (χ0n) is 15.9. The summed E-state index contributed by atoms with van der Waals surface area (Å²) in [6.45, 7) is -0.994. The molecule has 3 aromatic rings. The number of fused-ring (bicyclic) bond motifs is 1. The van der Waals surface area contributed by atoms with E-state index in [0.29, 0.717) is 36.7 Å². The SMILES string of the molecule is O=C(NC1CCC(NCC(F)(F)F)CC1)c1nc(-n2ccnc2)nc2ncccc12. The molecule has 158 valence electrons. The molecular formula is C19H20F3N7O. The van der Waals surface area contributed by atoms with Crippen LogP contribution in [0.3, 0.4) is 0 Å². The lowest BCUT2D eigenvalue weighted by molar-refractivity contribution is -0.126. The standard InChI is InChI=1S/C19H20F3N7O/c20-19(21,22)10-25-12-3-5-13(6-4-12)26-17(30)15-14-2-1-7-24-16(14)28-18(27-15)29-9-8-23-11-29/h1-2,7-9,11-13,25H,3-6,10H2,(H,26,30). The number of nitrogens with zero attached hydrogens (tertiary/aromatic N) is 5. The Labute approximate surface area is 170 Å². The van der Waals surface area contributed by atoms with Gasteiger partial charge in [-0.05, 0) is 37.8 Å². The second-order valence-corrected chi connectivity index (χ2v) is 7.23. The first-order valence-electron chi connectivity index (χ1n) is 9.61. The Kier molecular flexibility index (Phi) is 5.62. The van der Waals surface area contributed by atoms with Gasteiger partial charge in [-0.25, -0.2) is 15.0 Å². The highest BCUT2D eigenvalue weighted by Gasteiger charge is 2.30. The van der Waals surface area contributed by atoms with Crippen LogP contribution in [-0.2, 0) is 0 Å². The minimum Gasteiger partial charge on any atom is -0.348 e. The predicted molar refractivity (Wildman–Crippen MR) is 102 cm³/mol. The molecular weight excluding hydrogens is 399 g/mol. The van der Waals surface area contributed by atoms with Gasteiger partial charge in [0.2, 0.25) is 5.95 Å². The first-order valence-corrected chi connectivity index (χ1v) is 9.61. The summed E-state index contributed by atoms with van der Waals surface area (Å²) in [5.41, 5.74) is 0.593. The van der Waals surface area contributed by atoms with Crippen molar-refractivity contribution in [2.24, 2.45) is 0 Å². The monoisotopic (exact) mass is 419 g/mol. The first-order chi connectivity index (χ1) is 14.4. The van der Waals surface area contributed by atoms with Crippen LogP contribution in [0.15, 0.2) is 37.1 Å². The largest absolute Gasteiger partial charge is 0.401 e. The summed E-state index contributed by atoms with van der Waals surface area (Å²) in [6, 6.07) is 3.11. The molecule has 0 saturated heterocycles. The smallest absolute Gasteiger partial charge is 0.348 e. The van der Waals surface area contributed by atoms with Crippen molar-refractivity contribution < 1.29 is 18.0 Å². The Bertz CT molecular complexity index is 1010. The van der Waals surface area contributed by atoms with Crippen molar-refractivity contribution >= 4 is 16.9 Å². The Morgan fingerprint density at radius 1 is 1.13 bits per heavy atom. The lowest BCUT2D eigenvalue weighted by Gasteiger charge is -2.30. The van der Waals surface area contributed by atoms with E-state index in [2.05, 4.69) is 30.6 Å². The minimum atomic E-state index is -4.22. The second kappa shape index (κ2) is 8.34. The number of carbonyl (C=O) groups is 1. The number of aromatic nitrogens is 5. The molecule has 8 nitrogen and oxygen atoms in total. The summed E-state index contributed by atoms with van der Waals surface area (Å²) in [4.78, 5) is 29.9. The van der Waals surface area contributed by atoms with Gasteiger partial charge in [0, 0.05) is 30.7 Å². The Hall–Kier alpha value is -3.08. The maximum atomic E-state index is 13.0. The number of carbonyl (C=O) groups excluding carboxylic acids is 1. The predicted octanol–water partition coefficient (Wildman–Crippen LogP) is 2.40. The molecule has 11 heteroatoms. The van der Waals surface area contributed by atoms with Crippen LogP contribution in [0.25, 0.3) is 17.0 Å². The van der Waals surface area contributed by atoms with Crippen molar-refractivity contribution in [3.8, 4) is 5.95 Å². The third-order valence-electron chi connectivity index (χ3n) is 5.06. The molecule has 2 N–H and O–H groups in total. The summed E-state index contributed by atoms with van der Waals surface area (Å²) < 4.78 is 38.7. The van der Waals surface area contributed by atoms with E-state index >= 15 is 0 Å². The zero-order valence-corrected chi connectivity index (χ0v) is 15.9. The maximum absolute atomic E-state index is 13.0. The van der Waals surface area contributed by atoms with Crippen LogP contribution in [0.5, 0.6) is 0 Å². The van der Waals surface area contributed by atoms with Crippen LogP contribution >= 0.6 is 0 Å². The Morgan fingerprint density at radius 3 is 2.60 bits per heavy atom. The molecule has 0 aliphatic heterocycles. The highest BCUT2D eigenvalue weighted by atomic mass is 19.4. The van der Waals surface area contributed by atoms with Gasteiger partial charge in [0.25, 0.3) is 5.91 Å². The van der Waals surface area contributed by atoms with Crippen LogP contribution in [0.2, 0.25) is 0 Å². The molecule has 0 bridgehead atoms. The van der Waals surface area contributed by atoms with Gasteiger partial charge in [0.15, 0.2) is 5.65 Å². The number of hydrogen-bond donors (Lipinski definition) is 2. The van der Waals surface area contributed by atoms with Gasteiger partial charge in [-0.2, -0.15) is 18.2 Å². The molecule has 0 aromatic carbocycles. The number of rotatable bonds is 5. The van der Waals surface area contributed by atoms with Gasteiger partial charge < -0.3 is 10.6 Å². The number of halogens is 3. The molecule has 3 heterocycles. The Balaban J connectivity index is 1.46. The van der Waals surface area contributed by atoms with Gasteiger partial charge in [0.1, 0.15) is 12.0 Å². The molecule has 1 fully saturated rings. The number of hydrogen-bond acceptors (Lipinski definition) is 6. The molecule has 0 spiro atoms. The summed E-state index contributed by atoms with van der Waals surface area (Å²) in [5, 5.41) is 6.03. The molecule has 0 atom stereocenters. The van der Waals surface area contributed by atoms with Gasteiger partial charge >= 0.3 is 6.18 Å². The lowest BCUT2D eigenvalue weighted by atomic mass is 9.91. The molecule has 0 radical (unpaired) electrons. The average molecular weight is 419 g/mol. The fourth-order valence-electron chi connectivity index (χ4n) is 3.57. The fourth-order valence-corrected chi connectivity index (χ4v) is 3.57. The highest BCUT2D eigenvalue weighted by molar-refractivity contribution is 6.03. The fraction of sp³-hybridized carbons (Fsp3) is 0.421. The van der Waals surface area contributed by atoms with Crippen molar-refractivity contribution in [3.05, 3.63) is 42.7 Å². The molecule has 1 aliphatic rings. The van der Waals surface area contributed by atoms with Gasteiger partial charge in [0.05, 0.1) is 11.9 Å². The number of nitrogens with one attached hydrogen (secondary N) is 2. The summed E-state index contributed by atoms with van der Waals surface area (Å²) in [7, 11) is 0. The van der Waals surface area contributed by atoms with Crippen molar-refractivity contribution in [1.29, 1.82) is 0 Å². The molecule has 1 amide bonds. The average Bonchev–Trinajstić information content (AvgIpc) is 3.27. The van der Waals surface area contributed by atoms with Gasteiger partial charge in [-0.1, -0.05) is 0 Å². The van der Waals surface area contributed by atoms with E-state index in [4.69, 9.17) is 0 Å². The minimum absolute atomic E-state index is 0.125. The van der Waals surface area contributed by atoms with Crippen molar-refractivity contribution in [1.82, 2.24) is 35.1 Å². The summed E-state index contributed by atoms with van der Waals surface area (Å²) in [6.07, 6.45) is 4.46. The van der Waals surface area contributed by atoms with Crippen molar-refractivity contribution in [2.45, 2.75) is 43.9 Å². The van der Waals surface area contributed by atoms with Crippen LogP contribution in [0, 0.1) is 0 Å². The maximum Gasteiger partial charge on any atom is 0.401 e. The van der Waals surface area contributed by atoms with E-state index in [9.17, 15) is 18.0 Å². The first kappa shape index (κ1) is 20.2. The number of amides is 1. The molecule has 4 rings (SSSR count). The van der Waals surface area contributed by atoms with Crippen molar-refractivity contribution in [2.75, 3.05) is 6.54 Å². The van der Waals surface area contributed by atoms with E-state index in [1.54, 1.807) is 35.3 Å². The molecule has 1 saturated carbocycles. The Morgan fingerprint density at radius 2 is 1.90 bits per heavy atom. The van der Waals surface area contributed by atoms with E-state index in [1.807, 2.05) is 0 Å². The van der Waals surface area contributed by atoms with E-state index in [1.165, 1.54) is 6.33 Å². The molecule has 0 unspecified atom stereocenters. The number of pyridine rings is 1. The van der Waals surface area contributed by atoms with Crippen LogP contribution in [0.1, 0.15) is 36.2 Å². The van der Waals surface area contributed by atoms with Crippen molar-refractivity contribution in [3.63, 3.8) is 0 Å². The summed E-state index contributed by atoms with van der Waals surface area (Å²) in [5.74, 6) is -0.0765. The lowest BCUT2D eigenvalue weighted by Crippen LogP contribution is -2.44. The molecule has 30 heavy (non-hydrogen) atoms. The van der Waals surface area contributed by atoms with E-state index in [-0.39, 0.29) is 29.6 Å². The van der Waals surface area contributed by atoms with Gasteiger partial charge in [-0.15, -0.1) is 0 Å². The third kappa shape index (κ3) is 4.73. The number of alkyl halides is 3. The topological polar surface area (TPSA) is 97.6 Å². The van der Waals surface area contributed by atoms with Crippen LogP contribution in [0.4, 0.5) is 13.2 Å². The highest BCUT2D eigenvalue weighted by Crippen LogP contribution is 2.22. The quantitative estimate of drug-likeness (QED) is 0.659. The van der Waals surface area contributed by atoms with E-state index < -0.39 is 12.7 Å². The van der Waals surface area contributed by atoms with Gasteiger partial charge in [-0.3, -0.25) is 9.36 Å². The van der Waals surface area contributed by atoms with Crippen LogP contribution < -0.4 is 10.6 Å². The van der Waals surface area contributed by atoms with E-state index in [0.717, 1.165) is 0 Å². The zero-order chi connectivity index (χ0) is 21.1. The molecule has 3 aromatic heterocycles. The van der Waals surface area contributed by atoms with Crippen LogP contribution in [-0.4, -0.2) is 55.2 Å². The second-order valence-electron chi connectivity index (χ2n) is 7.23. The normalized spacial score (nSPS) is 19.7. The molecule has 1 aliphatic carbocycles. The third-order valence-corrected chi connectivity index (χ3v) is 5.06.